The maximum atomic E-state index is 11.8. The third kappa shape index (κ3) is 6.50. The Morgan fingerprint density at radius 2 is 1.70 bits per heavy atom. The predicted octanol–water partition coefficient (Wildman–Crippen LogP) is 2.50. The lowest BCUT2D eigenvalue weighted by Crippen LogP contribution is -2.45. The predicted molar refractivity (Wildman–Crippen MR) is 85.3 cm³/mol. The van der Waals surface area contributed by atoms with Crippen LogP contribution >= 0.6 is 0 Å². The van der Waals surface area contributed by atoms with Crippen molar-refractivity contribution < 1.29 is 23.9 Å². The van der Waals surface area contributed by atoms with Crippen molar-refractivity contribution in [3.8, 4) is 0 Å². The number of esters is 1. The molecule has 0 fully saturated rings. The van der Waals surface area contributed by atoms with E-state index in [-0.39, 0.29) is 12.2 Å². The molecule has 6 heteroatoms. The molecule has 0 saturated carbocycles. The summed E-state index contributed by atoms with van der Waals surface area (Å²) in [5.41, 5.74) is 0.721. The van der Waals surface area contributed by atoms with Gasteiger partial charge in [0.15, 0.2) is 5.78 Å². The smallest absolute Gasteiger partial charge is 0.408 e. The maximum absolute atomic E-state index is 11.8. The van der Waals surface area contributed by atoms with Gasteiger partial charge in [-0.1, -0.05) is 24.3 Å². The zero-order valence-corrected chi connectivity index (χ0v) is 14.1. The minimum atomic E-state index is -0.863. The molecule has 0 saturated heterocycles. The number of carbonyl (C=O) groups is 3. The highest BCUT2D eigenvalue weighted by Gasteiger charge is 2.25. The number of hydrogen-bond acceptors (Lipinski definition) is 5. The van der Waals surface area contributed by atoms with Crippen molar-refractivity contribution in [2.24, 2.45) is 0 Å². The molecule has 1 aromatic carbocycles. The minimum Gasteiger partial charge on any atom is -0.467 e. The molecule has 0 aliphatic heterocycles. The standard InChI is InChI=1S/C17H23NO5/c1-11(19)13-8-6-12(7-9-13)10-14(15(20)22-5)18-16(21)23-17(2,3)4/h6-9,14H,10H2,1-5H3,(H,18,21). The number of carbonyl (C=O) groups excluding carboxylic acids is 3. The van der Waals surface area contributed by atoms with Gasteiger partial charge in [-0.15, -0.1) is 0 Å². The zero-order chi connectivity index (χ0) is 17.6. The summed E-state index contributed by atoms with van der Waals surface area (Å²) in [4.78, 5) is 34.9. The normalized spacial score (nSPS) is 12.2. The number of rotatable bonds is 5. The number of methoxy groups -OCH3 is 1. The van der Waals surface area contributed by atoms with E-state index in [0.29, 0.717) is 5.56 Å². The number of ether oxygens (including phenoxy) is 2. The van der Waals surface area contributed by atoms with Gasteiger partial charge in [0.2, 0.25) is 0 Å². The van der Waals surface area contributed by atoms with Gasteiger partial charge in [0.1, 0.15) is 11.6 Å². The third-order valence-electron chi connectivity index (χ3n) is 2.98. The van der Waals surface area contributed by atoms with Crippen molar-refractivity contribution in [1.82, 2.24) is 5.32 Å². The Morgan fingerprint density at radius 1 is 1.13 bits per heavy atom. The highest BCUT2D eigenvalue weighted by Crippen LogP contribution is 2.10. The number of alkyl carbamates (subject to hydrolysis) is 1. The van der Waals surface area contributed by atoms with E-state index in [2.05, 4.69) is 5.32 Å². The number of ketones is 1. The van der Waals surface area contributed by atoms with E-state index in [4.69, 9.17) is 9.47 Å². The van der Waals surface area contributed by atoms with Crippen LogP contribution in [0.15, 0.2) is 24.3 Å². The molecule has 23 heavy (non-hydrogen) atoms. The van der Waals surface area contributed by atoms with E-state index >= 15 is 0 Å². The SMILES string of the molecule is COC(=O)C(Cc1ccc(C(C)=O)cc1)NC(=O)OC(C)(C)C. The average molecular weight is 321 g/mol. The lowest BCUT2D eigenvalue weighted by atomic mass is 10.0. The fraction of sp³-hybridized carbons (Fsp3) is 0.471. The van der Waals surface area contributed by atoms with E-state index in [1.54, 1.807) is 45.0 Å². The van der Waals surface area contributed by atoms with Crippen LogP contribution in [0, 0.1) is 0 Å². The molecule has 0 bridgehead atoms. The molecule has 1 rings (SSSR count). The van der Waals surface area contributed by atoms with Crippen LogP contribution in [0.3, 0.4) is 0 Å². The first kappa shape index (κ1) is 18.7. The first-order chi connectivity index (χ1) is 10.6. The quantitative estimate of drug-likeness (QED) is 0.665. The summed E-state index contributed by atoms with van der Waals surface area (Å²) >= 11 is 0. The lowest BCUT2D eigenvalue weighted by Gasteiger charge is -2.22. The second-order valence-electron chi connectivity index (χ2n) is 6.18. The summed E-state index contributed by atoms with van der Waals surface area (Å²) in [7, 11) is 1.25. The molecule has 0 spiro atoms. The summed E-state index contributed by atoms with van der Waals surface area (Å²) in [6.07, 6.45) is -0.447. The highest BCUT2D eigenvalue weighted by atomic mass is 16.6. The van der Waals surface area contributed by atoms with Crippen molar-refractivity contribution in [1.29, 1.82) is 0 Å². The summed E-state index contributed by atoms with van der Waals surface area (Å²) in [5.74, 6) is -0.598. The van der Waals surface area contributed by atoms with Crippen LogP contribution in [-0.4, -0.2) is 36.6 Å². The monoisotopic (exact) mass is 321 g/mol. The van der Waals surface area contributed by atoms with Gasteiger partial charge >= 0.3 is 12.1 Å². The van der Waals surface area contributed by atoms with Gasteiger partial charge in [0.05, 0.1) is 7.11 Å². The number of Topliss-reactive ketones (excluding diaryl/α,β-unsaturated/α-hetero) is 1. The van der Waals surface area contributed by atoms with Crippen LogP contribution < -0.4 is 5.32 Å². The summed E-state index contributed by atoms with van der Waals surface area (Å²) < 4.78 is 9.86. The topological polar surface area (TPSA) is 81.7 Å². The molecule has 0 radical (unpaired) electrons. The second kappa shape index (κ2) is 7.76. The van der Waals surface area contributed by atoms with Gasteiger partial charge in [-0.2, -0.15) is 0 Å². The number of hydrogen-bond donors (Lipinski definition) is 1. The van der Waals surface area contributed by atoms with Gasteiger partial charge in [-0.05, 0) is 33.3 Å². The van der Waals surface area contributed by atoms with Crippen molar-refractivity contribution >= 4 is 17.8 Å². The van der Waals surface area contributed by atoms with Crippen LogP contribution in [0.25, 0.3) is 0 Å². The van der Waals surface area contributed by atoms with E-state index in [1.165, 1.54) is 14.0 Å². The van der Waals surface area contributed by atoms with Crippen molar-refractivity contribution in [2.75, 3.05) is 7.11 Å². The van der Waals surface area contributed by atoms with Gasteiger partial charge in [-0.25, -0.2) is 9.59 Å². The number of amides is 1. The van der Waals surface area contributed by atoms with Crippen LogP contribution in [0.5, 0.6) is 0 Å². The Labute approximate surface area is 136 Å². The van der Waals surface area contributed by atoms with Gasteiger partial charge in [-0.3, -0.25) is 4.79 Å². The molecular weight excluding hydrogens is 298 g/mol. The van der Waals surface area contributed by atoms with Crippen molar-refractivity contribution in [3.05, 3.63) is 35.4 Å². The molecule has 1 unspecified atom stereocenters. The van der Waals surface area contributed by atoms with E-state index in [0.717, 1.165) is 5.56 Å². The van der Waals surface area contributed by atoms with E-state index in [9.17, 15) is 14.4 Å². The molecule has 1 atom stereocenters. The molecule has 0 aliphatic carbocycles. The number of nitrogens with one attached hydrogen (secondary N) is 1. The molecule has 1 amide bonds. The van der Waals surface area contributed by atoms with Crippen LogP contribution in [-0.2, 0) is 20.7 Å². The maximum Gasteiger partial charge on any atom is 0.408 e. The summed E-state index contributed by atoms with van der Waals surface area (Å²) in [6.45, 7) is 6.69. The first-order valence-corrected chi connectivity index (χ1v) is 7.29. The van der Waals surface area contributed by atoms with E-state index < -0.39 is 23.7 Å². The van der Waals surface area contributed by atoms with Crippen LogP contribution in [0.2, 0.25) is 0 Å². The molecule has 126 valence electrons. The Hall–Kier alpha value is -2.37. The van der Waals surface area contributed by atoms with Gasteiger partial charge in [0, 0.05) is 12.0 Å². The third-order valence-corrected chi connectivity index (χ3v) is 2.98. The minimum absolute atomic E-state index is 0.0343. The molecule has 1 aromatic rings. The summed E-state index contributed by atoms with van der Waals surface area (Å²) in [6, 6.07) is 5.98. The molecule has 6 nitrogen and oxygen atoms in total. The lowest BCUT2D eigenvalue weighted by molar-refractivity contribution is -0.143. The Balaban J connectivity index is 2.80. The molecule has 1 N–H and O–H groups in total. The second-order valence-corrected chi connectivity index (χ2v) is 6.18. The average Bonchev–Trinajstić information content (AvgIpc) is 2.44. The molecule has 0 heterocycles. The van der Waals surface area contributed by atoms with Crippen molar-refractivity contribution in [3.63, 3.8) is 0 Å². The van der Waals surface area contributed by atoms with E-state index in [1.807, 2.05) is 0 Å². The summed E-state index contributed by atoms with van der Waals surface area (Å²) in [5, 5.41) is 2.51. The first-order valence-electron chi connectivity index (χ1n) is 7.29. The van der Waals surface area contributed by atoms with Gasteiger partial charge < -0.3 is 14.8 Å². The zero-order valence-electron chi connectivity index (χ0n) is 14.1. The molecular formula is C17H23NO5. The fourth-order valence-corrected chi connectivity index (χ4v) is 1.90. The Bertz CT molecular complexity index is 572. The highest BCUT2D eigenvalue weighted by molar-refractivity contribution is 5.94. The van der Waals surface area contributed by atoms with Gasteiger partial charge in [0.25, 0.3) is 0 Å². The molecule has 0 aliphatic rings. The van der Waals surface area contributed by atoms with Crippen LogP contribution in [0.1, 0.15) is 43.6 Å². The molecule has 0 aromatic heterocycles. The Kier molecular flexibility index (Phi) is 6.30. The fourth-order valence-electron chi connectivity index (χ4n) is 1.90. The largest absolute Gasteiger partial charge is 0.467 e. The van der Waals surface area contributed by atoms with Crippen molar-refractivity contribution in [2.45, 2.75) is 45.8 Å². The Morgan fingerprint density at radius 3 is 2.13 bits per heavy atom. The van der Waals surface area contributed by atoms with Crippen LogP contribution in [0.4, 0.5) is 4.79 Å². The number of benzene rings is 1.